The highest BCUT2D eigenvalue weighted by Crippen LogP contribution is 2.44. The molecule has 2 heterocycles. The zero-order valence-electron chi connectivity index (χ0n) is 14.1. The molecule has 0 radical (unpaired) electrons. The molecular formula is C19H25NO3. The number of aliphatic hydroxyl groups excluding tert-OH is 1. The molecule has 124 valence electrons. The van der Waals surface area contributed by atoms with Crippen molar-refractivity contribution in [3.05, 3.63) is 48.0 Å². The molecule has 0 aromatic heterocycles. The third-order valence-electron chi connectivity index (χ3n) is 4.75. The summed E-state index contributed by atoms with van der Waals surface area (Å²) < 4.78 is 5.59. The van der Waals surface area contributed by atoms with Crippen LogP contribution in [0, 0.1) is 5.92 Å². The first-order chi connectivity index (χ1) is 10.8. The zero-order valence-corrected chi connectivity index (χ0v) is 14.1. The van der Waals surface area contributed by atoms with Crippen molar-refractivity contribution in [2.45, 2.75) is 57.4 Å². The third-order valence-corrected chi connectivity index (χ3v) is 4.75. The van der Waals surface area contributed by atoms with Crippen LogP contribution in [0.5, 0.6) is 0 Å². The Morgan fingerprint density at radius 3 is 2.35 bits per heavy atom. The largest absolute Gasteiger partial charge is 0.444 e. The predicted octanol–water partition coefficient (Wildman–Crippen LogP) is 3.32. The molecule has 1 saturated heterocycles. The average Bonchev–Trinajstić information content (AvgIpc) is 2.85. The summed E-state index contributed by atoms with van der Waals surface area (Å²) in [5.41, 5.74) is 0.522. The van der Waals surface area contributed by atoms with E-state index in [-0.39, 0.29) is 30.0 Å². The standard InChI is InChI=1S/C19H25NO3/c1-12-14-10-11-15(20(14)18(22)23-19(2,3)4)16(17(12)21)13-8-6-5-7-9-13/h5-12,14-17,21H,1-4H3/t12-,14+,15-,16+,17-/m0/s1. The molecule has 23 heavy (non-hydrogen) atoms. The van der Waals surface area contributed by atoms with E-state index in [1.54, 1.807) is 4.90 Å². The molecule has 3 rings (SSSR count). The van der Waals surface area contributed by atoms with Crippen LogP contribution in [0.1, 0.15) is 39.2 Å². The number of benzene rings is 1. The van der Waals surface area contributed by atoms with E-state index < -0.39 is 11.7 Å². The number of carbonyl (C=O) groups excluding carboxylic acids is 1. The minimum atomic E-state index is -0.530. The van der Waals surface area contributed by atoms with Gasteiger partial charge in [0.25, 0.3) is 0 Å². The molecule has 0 unspecified atom stereocenters. The lowest BCUT2D eigenvalue weighted by Crippen LogP contribution is -2.58. The Labute approximate surface area is 137 Å². The first-order valence-corrected chi connectivity index (χ1v) is 8.22. The summed E-state index contributed by atoms with van der Waals surface area (Å²) in [5.74, 6) is -0.170. The molecule has 2 aliphatic rings. The molecule has 5 atom stereocenters. The summed E-state index contributed by atoms with van der Waals surface area (Å²) >= 11 is 0. The van der Waals surface area contributed by atoms with Gasteiger partial charge in [-0.25, -0.2) is 4.79 Å². The molecule has 1 aromatic rings. The van der Waals surface area contributed by atoms with E-state index in [9.17, 15) is 9.90 Å². The SMILES string of the molecule is C[C@@H]1[C@H](O)[C@H](c2ccccc2)[C@@H]2C=C[C@H]1N2C(=O)OC(C)(C)C. The fourth-order valence-corrected chi connectivity index (χ4v) is 3.69. The molecular weight excluding hydrogens is 290 g/mol. The Bertz CT molecular complexity index is 605. The molecule has 2 aliphatic heterocycles. The van der Waals surface area contributed by atoms with E-state index in [1.807, 2.05) is 70.2 Å². The average molecular weight is 315 g/mol. The Hall–Kier alpha value is -1.81. The van der Waals surface area contributed by atoms with Crippen LogP contribution in [0.2, 0.25) is 0 Å². The summed E-state index contributed by atoms with van der Waals surface area (Å²) in [7, 11) is 0. The molecule has 1 amide bonds. The van der Waals surface area contributed by atoms with Gasteiger partial charge in [-0.15, -0.1) is 0 Å². The van der Waals surface area contributed by atoms with Crippen LogP contribution in [-0.4, -0.2) is 39.9 Å². The highest BCUT2D eigenvalue weighted by atomic mass is 16.6. The minimum Gasteiger partial charge on any atom is -0.444 e. The number of aliphatic hydroxyl groups is 1. The van der Waals surface area contributed by atoms with Crippen molar-refractivity contribution in [1.82, 2.24) is 4.90 Å². The van der Waals surface area contributed by atoms with Gasteiger partial charge in [0.1, 0.15) is 5.60 Å². The second-order valence-electron chi connectivity index (χ2n) is 7.54. The lowest BCUT2D eigenvalue weighted by Gasteiger charge is -2.46. The highest BCUT2D eigenvalue weighted by Gasteiger charge is 2.51. The third kappa shape index (κ3) is 2.88. The number of carbonyl (C=O) groups is 1. The van der Waals surface area contributed by atoms with Crippen LogP contribution in [0.3, 0.4) is 0 Å². The second kappa shape index (κ2) is 5.68. The molecule has 1 fully saturated rings. The lowest BCUT2D eigenvalue weighted by molar-refractivity contribution is -0.0394. The number of ether oxygens (including phenoxy) is 1. The van der Waals surface area contributed by atoms with Crippen molar-refractivity contribution in [2.75, 3.05) is 0 Å². The van der Waals surface area contributed by atoms with Gasteiger partial charge in [-0.05, 0) is 26.3 Å². The van der Waals surface area contributed by atoms with Crippen molar-refractivity contribution < 1.29 is 14.6 Å². The summed E-state index contributed by atoms with van der Waals surface area (Å²) in [6.45, 7) is 7.61. The van der Waals surface area contributed by atoms with E-state index in [0.717, 1.165) is 5.56 Å². The lowest BCUT2D eigenvalue weighted by atomic mass is 9.77. The van der Waals surface area contributed by atoms with Gasteiger partial charge in [0, 0.05) is 11.8 Å². The normalized spacial score (nSPS) is 32.9. The molecule has 4 heteroatoms. The van der Waals surface area contributed by atoms with Gasteiger partial charge in [0.15, 0.2) is 0 Å². The predicted molar refractivity (Wildman–Crippen MR) is 89.1 cm³/mol. The number of piperidine rings is 1. The number of nitrogens with zero attached hydrogens (tertiary/aromatic N) is 1. The van der Waals surface area contributed by atoms with Crippen molar-refractivity contribution in [3.8, 4) is 0 Å². The van der Waals surface area contributed by atoms with Crippen LogP contribution in [0.25, 0.3) is 0 Å². The maximum atomic E-state index is 12.7. The van der Waals surface area contributed by atoms with Crippen molar-refractivity contribution >= 4 is 6.09 Å². The van der Waals surface area contributed by atoms with E-state index >= 15 is 0 Å². The number of fused-ring (bicyclic) bond motifs is 2. The van der Waals surface area contributed by atoms with Gasteiger partial charge in [-0.3, -0.25) is 4.90 Å². The Morgan fingerprint density at radius 2 is 1.74 bits per heavy atom. The molecule has 1 aromatic carbocycles. The molecule has 1 N–H and O–H groups in total. The topological polar surface area (TPSA) is 49.8 Å². The van der Waals surface area contributed by atoms with Crippen LogP contribution in [0.15, 0.2) is 42.5 Å². The summed E-state index contributed by atoms with van der Waals surface area (Å²) in [5, 5.41) is 10.8. The van der Waals surface area contributed by atoms with E-state index in [4.69, 9.17) is 4.74 Å². The van der Waals surface area contributed by atoms with Gasteiger partial charge in [0.2, 0.25) is 0 Å². The summed E-state index contributed by atoms with van der Waals surface area (Å²) in [6, 6.07) is 9.65. The minimum absolute atomic E-state index is 0.0391. The summed E-state index contributed by atoms with van der Waals surface area (Å²) in [4.78, 5) is 14.5. The van der Waals surface area contributed by atoms with Crippen molar-refractivity contribution in [2.24, 2.45) is 5.92 Å². The maximum Gasteiger partial charge on any atom is 0.411 e. The zero-order chi connectivity index (χ0) is 16.8. The van der Waals surface area contributed by atoms with Crippen LogP contribution in [0.4, 0.5) is 4.79 Å². The molecule has 0 aliphatic carbocycles. The molecule has 0 saturated carbocycles. The van der Waals surface area contributed by atoms with Gasteiger partial charge in [-0.2, -0.15) is 0 Å². The Balaban J connectivity index is 1.94. The van der Waals surface area contributed by atoms with E-state index in [2.05, 4.69) is 0 Å². The van der Waals surface area contributed by atoms with Gasteiger partial charge in [-0.1, -0.05) is 49.4 Å². The first kappa shape index (κ1) is 16.1. The molecule has 0 spiro atoms. The van der Waals surface area contributed by atoms with Crippen LogP contribution in [-0.2, 0) is 4.74 Å². The maximum absolute atomic E-state index is 12.7. The highest BCUT2D eigenvalue weighted by molar-refractivity contribution is 5.71. The number of hydrogen-bond acceptors (Lipinski definition) is 3. The van der Waals surface area contributed by atoms with Gasteiger partial charge < -0.3 is 9.84 Å². The number of amides is 1. The van der Waals surface area contributed by atoms with E-state index in [0.29, 0.717) is 0 Å². The van der Waals surface area contributed by atoms with Gasteiger partial charge >= 0.3 is 6.09 Å². The number of hydrogen-bond donors (Lipinski definition) is 1. The summed E-state index contributed by atoms with van der Waals surface area (Å²) in [6.07, 6.45) is 3.28. The van der Waals surface area contributed by atoms with Crippen molar-refractivity contribution in [1.29, 1.82) is 0 Å². The molecule has 2 bridgehead atoms. The Morgan fingerprint density at radius 1 is 1.13 bits per heavy atom. The number of rotatable bonds is 1. The Kier molecular flexibility index (Phi) is 3.96. The van der Waals surface area contributed by atoms with Crippen LogP contribution >= 0.6 is 0 Å². The smallest absolute Gasteiger partial charge is 0.411 e. The van der Waals surface area contributed by atoms with Gasteiger partial charge in [0.05, 0.1) is 18.2 Å². The first-order valence-electron chi connectivity index (χ1n) is 8.22. The quantitative estimate of drug-likeness (QED) is 0.809. The fraction of sp³-hybridized carbons (Fsp3) is 0.526. The monoisotopic (exact) mass is 315 g/mol. The fourth-order valence-electron chi connectivity index (χ4n) is 3.69. The van der Waals surface area contributed by atoms with Crippen molar-refractivity contribution in [3.63, 3.8) is 0 Å². The van der Waals surface area contributed by atoms with E-state index in [1.165, 1.54) is 0 Å². The second-order valence-corrected chi connectivity index (χ2v) is 7.54. The van der Waals surface area contributed by atoms with Crippen LogP contribution < -0.4 is 0 Å². The molecule has 4 nitrogen and oxygen atoms in total.